The maximum atomic E-state index is 12.8. The Balaban J connectivity index is 1.65. The number of H-pyrrole nitrogens is 1. The molecular weight excluding hydrogens is 374 g/mol. The maximum Gasteiger partial charge on any atom is 0.259 e. The Morgan fingerprint density at radius 3 is 2.79 bits per heavy atom. The van der Waals surface area contributed by atoms with Gasteiger partial charge in [0.15, 0.2) is 0 Å². The molecule has 1 aliphatic carbocycles. The van der Waals surface area contributed by atoms with Crippen LogP contribution in [0, 0.1) is 0 Å². The number of rotatable bonds is 6. The van der Waals surface area contributed by atoms with Crippen molar-refractivity contribution in [3.63, 3.8) is 0 Å². The number of fused-ring (bicyclic) bond motifs is 3. The van der Waals surface area contributed by atoms with Gasteiger partial charge in [0.05, 0.1) is 11.9 Å². The topological polar surface area (TPSA) is 75.3 Å². The van der Waals surface area contributed by atoms with Crippen LogP contribution in [0.5, 0.6) is 0 Å². The molecule has 0 saturated heterocycles. The molecule has 2 heterocycles. The van der Waals surface area contributed by atoms with E-state index in [9.17, 15) is 9.59 Å². The first-order valence-corrected chi connectivity index (χ1v) is 10.3. The SMILES string of the molecule is COCC(=O)N(Cc1ccccc1)Cc1nc2sc3c(c2c(=O)[nH]1)CCCC3. The average Bonchev–Trinajstić information content (AvgIpc) is 3.07. The summed E-state index contributed by atoms with van der Waals surface area (Å²) in [6, 6.07) is 9.77. The molecule has 2 aromatic heterocycles. The fourth-order valence-corrected chi connectivity index (χ4v) is 5.00. The highest BCUT2D eigenvalue weighted by Crippen LogP contribution is 2.33. The maximum absolute atomic E-state index is 12.8. The predicted molar refractivity (Wildman–Crippen MR) is 109 cm³/mol. The molecule has 0 radical (unpaired) electrons. The molecule has 1 N–H and O–H groups in total. The summed E-state index contributed by atoms with van der Waals surface area (Å²) in [6.07, 6.45) is 4.26. The zero-order valence-corrected chi connectivity index (χ0v) is 16.7. The number of hydrogen-bond donors (Lipinski definition) is 1. The number of ether oxygens (including phenoxy) is 1. The molecule has 4 rings (SSSR count). The van der Waals surface area contributed by atoms with Crippen molar-refractivity contribution < 1.29 is 9.53 Å². The Labute approximate surface area is 167 Å². The number of hydrogen-bond acceptors (Lipinski definition) is 5. The van der Waals surface area contributed by atoms with Crippen molar-refractivity contribution in [3.8, 4) is 0 Å². The van der Waals surface area contributed by atoms with Crippen molar-refractivity contribution in [1.29, 1.82) is 0 Å². The summed E-state index contributed by atoms with van der Waals surface area (Å²) < 4.78 is 5.03. The Hall–Kier alpha value is -2.51. The molecule has 0 fully saturated rings. The van der Waals surface area contributed by atoms with Gasteiger partial charge >= 0.3 is 0 Å². The van der Waals surface area contributed by atoms with E-state index in [1.807, 2.05) is 30.3 Å². The number of aryl methyl sites for hydroxylation is 2. The molecule has 0 unspecified atom stereocenters. The van der Waals surface area contributed by atoms with E-state index in [4.69, 9.17) is 9.72 Å². The van der Waals surface area contributed by atoms with Gasteiger partial charge in [-0.15, -0.1) is 11.3 Å². The van der Waals surface area contributed by atoms with Gasteiger partial charge in [0.1, 0.15) is 17.3 Å². The van der Waals surface area contributed by atoms with E-state index in [0.717, 1.165) is 35.0 Å². The van der Waals surface area contributed by atoms with E-state index in [1.54, 1.807) is 16.2 Å². The molecule has 0 aliphatic heterocycles. The lowest BCUT2D eigenvalue weighted by molar-refractivity contribution is -0.136. The van der Waals surface area contributed by atoms with Crippen molar-refractivity contribution >= 4 is 27.5 Å². The quantitative estimate of drug-likeness (QED) is 0.694. The molecule has 1 aliphatic rings. The zero-order chi connectivity index (χ0) is 19.5. The van der Waals surface area contributed by atoms with Crippen LogP contribution >= 0.6 is 11.3 Å². The van der Waals surface area contributed by atoms with Crippen LogP contribution in [0.4, 0.5) is 0 Å². The van der Waals surface area contributed by atoms with E-state index in [2.05, 4.69) is 4.98 Å². The van der Waals surface area contributed by atoms with Crippen LogP contribution in [-0.4, -0.2) is 34.5 Å². The number of nitrogens with zero attached hydrogens (tertiary/aromatic N) is 2. The number of aromatic amines is 1. The van der Waals surface area contributed by atoms with Gasteiger partial charge < -0.3 is 14.6 Å². The summed E-state index contributed by atoms with van der Waals surface area (Å²) >= 11 is 1.62. The van der Waals surface area contributed by atoms with Crippen molar-refractivity contribution in [2.45, 2.75) is 38.8 Å². The van der Waals surface area contributed by atoms with Crippen LogP contribution < -0.4 is 5.56 Å². The molecule has 28 heavy (non-hydrogen) atoms. The van der Waals surface area contributed by atoms with Crippen LogP contribution in [0.25, 0.3) is 10.2 Å². The van der Waals surface area contributed by atoms with E-state index >= 15 is 0 Å². The van der Waals surface area contributed by atoms with Crippen LogP contribution in [-0.2, 0) is 35.5 Å². The molecule has 0 bridgehead atoms. The second-order valence-corrected chi connectivity index (χ2v) is 8.16. The van der Waals surface area contributed by atoms with Gasteiger partial charge in [-0.25, -0.2) is 4.98 Å². The molecule has 0 saturated carbocycles. The van der Waals surface area contributed by atoms with E-state index in [1.165, 1.54) is 24.0 Å². The molecule has 1 amide bonds. The number of methoxy groups -OCH3 is 1. The van der Waals surface area contributed by atoms with Gasteiger partial charge in [-0.3, -0.25) is 9.59 Å². The molecule has 6 nitrogen and oxygen atoms in total. The number of thiophene rings is 1. The summed E-state index contributed by atoms with van der Waals surface area (Å²) in [4.78, 5) is 36.6. The number of benzene rings is 1. The first-order valence-electron chi connectivity index (χ1n) is 9.50. The van der Waals surface area contributed by atoms with Crippen LogP contribution in [0.2, 0.25) is 0 Å². The largest absolute Gasteiger partial charge is 0.375 e. The minimum absolute atomic E-state index is 0.00733. The zero-order valence-electron chi connectivity index (χ0n) is 15.9. The molecule has 146 valence electrons. The highest BCUT2D eigenvalue weighted by Gasteiger charge is 2.21. The van der Waals surface area contributed by atoms with Gasteiger partial charge in [-0.1, -0.05) is 30.3 Å². The number of carbonyl (C=O) groups excluding carboxylic acids is 1. The number of nitrogens with one attached hydrogen (secondary N) is 1. The third-order valence-corrected chi connectivity index (χ3v) is 6.24. The van der Waals surface area contributed by atoms with E-state index in [-0.39, 0.29) is 24.6 Å². The molecule has 0 atom stereocenters. The van der Waals surface area contributed by atoms with Crippen molar-refractivity contribution in [2.75, 3.05) is 13.7 Å². The Bertz CT molecular complexity index is 1040. The number of carbonyl (C=O) groups is 1. The highest BCUT2D eigenvalue weighted by molar-refractivity contribution is 7.18. The molecule has 3 aromatic rings. The fraction of sp³-hybridized carbons (Fsp3) is 0.381. The Kier molecular flexibility index (Phi) is 5.54. The third kappa shape index (κ3) is 3.86. The normalized spacial score (nSPS) is 13.5. The summed E-state index contributed by atoms with van der Waals surface area (Å²) in [5.74, 6) is 0.371. The summed E-state index contributed by atoms with van der Waals surface area (Å²) in [6.45, 7) is 0.670. The van der Waals surface area contributed by atoms with Gasteiger partial charge in [0.2, 0.25) is 5.91 Å². The van der Waals surface area contributed by atoms with E-state index < -0.39 is 0 Å². The number of aromatic nitrogens is 2. The minimum Gasteiger partial charge on any atom is -0.375 e. The highest BCUT2D eigenvalue weighted by atomic mass is 32.1. The lowest BCUT2D eigenvalue weighted by atomic mass is 9.97. The van der Waals surface area contributed by atoms with Crippen molar-refractivity contribution in [3.05, 3.63) is 62.5 Å². The Morgan fingerprint density at radius 2 is 2.00 bits per heavy atom. The first kappa shape index (κ1) is 18.8. The lowest BCUT2D eigenvalue weighted by Gasteiger charge is -2.22. The second kappa shape index (κ2) is 8.24. The standard InChI is InChI=1S/C21H23N3O3S/c1-27-13-18(25)24(11-14-7-3-2-4-8-14)12-17-22-20(26)19-15-9-5-6-10-16(15)28-21(19)23-17/h2-4,7-8H,5-6,9-13H2,1H3,(H,22,23,26). The fourth-order valence-electron chi connectivity index (χ4n) is 3.71. The molecule has 7 heteroatoms. The van der Waals surface area contributed by atoms with E-state index in [0.29, 0.717) is 12.4 Å². The van der Waals surface area contributed by atoms with Crippen molar-refractivity contribution in [1.82, 2.24) is 14.9 Å². The smallest absolute Gasteiger partial charge is 0.259 e. The van der Waals surface area contributed by atoms with Crippen LogP contribution in [0.1, 0.15) is 34.7 Å². The van der Waals surface area contributed by atoms with Gasteiger partial charge in [-0.05, 0) is 36.8 Å². The first-order chi connectivity index (χ1) is 13.7. The van der Waals surface area contributed by atoms with Gasteiger partial charge in [0.25, 0.3) is 5.56 Å². The Morgan fingerprint density at radius 1 is 1.21 bits per heavy atom. The summed E-state index contributed by atoms with van der Waals surface area (Å²) in [5.41, 5.74) is 2.09. The summed E-state index contributed by atoms with van der Waals surface area (Å²) in [7, 11) is 1.50. The third-order valence-electron chi connectivity index (χ3n) is 5.05. The molecule has 0 spiro atoms. The van der Waals surface area contributed by atoms with Crippen LogP contribution in [0.3, 0.4) is 0 Å². The van der Waals surface area contributed by atoms with Crippen molar-refractivity contribution in [2.24, 2.45) is 0 Å². The summed E-state index contributed by atoms with van der Waals surface area (Å²) in [5, 5.41) is 0.737. The molecule has 1 aromatic carbocycles. The molecular formula is C21H23N3O3S. The van der Waals surface area contributed by atoms with Gasteiger partial charge in [0, 0.05) is 18.5 Å². The number of amides is 1. The minimum atomic E-state index is -0.139. The predicted octanol–water partition coefficient (Wildman–Crippen LogP) is 3.04. The monoisotopic (exact) mass is 397 g/mol. The van der Waals surface area contributed by atoms with Gasteiger partial charge in [-0.2, -0.15) is 0 Å². The average molecular weight is 398 g/mol. The van der Waals surface area contributed by atoms with Crippen LogP contribution in [0.15, 0.2) is 35.1 Å². The second-order valence-electron chi connectivity index (χ2n) is 7.07. The lowest BCUT2D eigenvalue weighted by Crippen LogP contribution is -2.34.